The van der Waals surface area contributed by atoms with Gasteiger partial charge in [-0.15, -0.1) is 0 Å². The number of amides is 1. The molecule has 0 atom stereocenters. The second kappa shape index (κ2) is 9.77. The highest BCUT2D eigenvalue weighted by atomic mass is 19.4. The molecule has 0 radical (unpaired) electrons. The van der Waals surface area contributed by atoms with Crippen molar-refractivity contribution in [3.8, 4) is 0 Å². The number of nitrogens with one attached hydrogen (secondary N) is 2. The predicted molar refractivity (Wildman–Crippen MR) is 109 cm³/mol. The van der Waals surface area contributed by atoms with Crippen molar-refractivity contribution in [2.24, 2.45) is 0 Å². The predicted octanol–water partition coefficient (Wildman–Crippen LogP) is 3.56. The molecular weight excluding hydrogens is 395 g/mol. The molecule has 0 aliphatic carbocycles. The Bertz CT molecular complexity index is 866. The monoisotopic (exact) mass is 421 g/mol. The number of hydrogen-bond acceptors (Lipinski definition) is 5. The van der Waals surface area contributed by atoms with Crippen LogP contribution < -0.4 is 15.5 Å². The fourth-order valence-electron chi connectivity index (χ4n) is 3.43. The van der Waals surface area contributed by atoms with Crippen LogP contribution in [0, 0.1) is 6.92 Å². The summed E-state index contributed by atoms with van der Waals surface area (Å²) in [6.45, 7) is 4.60. The van der Waals surface area contributed by atoms with Crippen LogP contribution in [0.15, 0.2) is 30.3 Å². The van der Waals surface area contributed by atoms with Crippen LogP contribution in [0.4, 0.5) is 24.8 Å². The summed E-state index contributed by atoms with van der Waals surface area (Å²) in [5.41, 5.74) is -0.425. The molecule has 1 aromatic heterocycles. The molecule has 1 fully saturated rings. The number of alkyl halides is 3. The van der Waals surface area contributed by atoms with Gasteiger partial charge >= 0.3 is 6.18 Å². The van der Waals surface area contributed by atoms with Crippen molar-refractivity contribution in [1.82, 2.24) is 15.3 Å². The summed E-state index contributed by atoms with van der Waals surface area (Å²) in [7, 11) is 0. The summed E-state index contributed by atoms with van der Waals surface area (Å²) < 4.78 is 38.3. The van der Waals surface area contributed by atoms with E-state index in [1.165, 1.54) is 18.6 Å². The zero-order valence-electron chi connectivity index (χ0n) is 16.9. The van der Waals surface area contributed by atoms with E-state index in [2.05, 4.69) is 25.5 Å². The highest BCUT2D eigenvalue weighted by Gasteiger charge is 2.30. The molecule has 6 nitrogen and oxygen atoms in total. The third kappa shape index (κ3) is 6.33. The summed E-state index contributed by atoms with van der Waals surface area (Å²) in [4.78, 5) is 23.2. The molecule has 0 unspecified atom stereocenters. The fourth-order valence-corrected chi connectivity index (χ4v) is 3.43. The standard InChI is InChI=1S/C21H26F3N5O/c1-15-27-18(14-19(28-15)29-10-3-2-4-11-29)25-8-9-26-20(30)13-16-6-5-7-17(12-16)21(22,23)24/h5-7,12,14H,2-4,8-11,13H2,1H3,(H,26,30)(H,25,27,28). The highest BCUT2D eigenvalue weighted by Crippen LogP contribution is 2.29. The van der Waals surface area contributed by atoms with Crippen LogP contribution in [0.2, 0.25) is 0 Å². The van der Waals surface area contributed by atoms with Crippen molar-refractivity contribution in [2.75, 3.05) is 36.4 Å². The number of nitrogens with zero attached hydrogens (tertiary/aromatic N) is 3. The van der Waals surface area contributed by atoms with E-state index in [4.69, 9.17) is 0 Å². The molecule has 1 saturated heterocycles. The molecule has 1 aromatic carbocycles. The maximum absolute atomic E-state index is 12.8. The number of benzene rings is 1. The first kappa shape index (κ1) is 21.9. The Balaban J connectivity index is 1.47. The second-order valence-electron chi connectivity index (χ2n) is 7.36. The Hall–Kier alpha value is -2.84. The topological polar surface area (TPSA) is 70.2 Å². The number of halogens is 3. The zero-order chi connectivity index (χ0) is 21.6. The van der Waals surface area contributed by atoms with Crippen molar-refractivity contribution in [3.05, 3.63) is 47.3 Å². The molecule has 162 valence electrons. The van der Waals surface area contributed by atoms with E-state index >= 15 is 0 Å². The number of rotatable bonds is 7. The Morgan fingerprint density at radius 2 is 1.87 bits per heavy atom. The average molecular weight is 421 g/mol. The molecule has 2 N–H and O–H groups in total. The number of piperidine rings is 1. The minimum Gasteiger partial charge on any atom is -0.368 e. The number of aryl methyl sites for hydroxylation is 1. The quantitative estimate of drug-likeness (QED) is 0.669. The van der Waals surface area contributed by atoms with Crippen LogP contribution in [0.3, 0.4) is 0 Å². The van der Waals surface area contributed by atoms with Crippen LogP contribution in [0.25, 0.3) is 0 Å². The molecule has 0 saturated carbocycles. The first-order valence-corrected chi connectivity index (χ1v) is 10.1. The summed E-state index contributed by atoms with van der Waals surface area (Å²) >= 11 is 0. The molecule has 3 rings (SSSR count). The summed E-state index contributed by atoms with van der Waals surface area (Å²) in [5, 5.41) is 5.89. The molecule has 0 spiro atoms. The Morgan fingerprint density at radius 3 is 2.60 bits per heavy atom. The fraction of sp³-hybridized carbons (Fsp3) is 0.476. The van der Waals surface area contributed by atoms with Gasteiger partial charge in [-0.2, -0.15) is 13.2 Å². The van der Waals surface area contributed by atoms with Gasteiger partial charge in [0.25, 0.3) is 0 Å². The van der Waals surface area contributed by atoms with Crippen LogP contribution in [0.5, 0.6) is 0 Å². The van der Waals surface area contributed by atoms with E-state index in [9.17, 15) is 18.0 Å². The minimum atomic E-state index is -4.42. The van der Waals surface area contributed by atoms with Gasteiger partial charge in [0.05, 0.1) is 12.0 Å². The first-order valence-electron chi connectivity index (χ1n) is 10.1. The van der Waals surface area contributed by atoms with Gasteiger partial charge in [0.1, 0.15) is 17.5 Å². The molecule has 1 amide bonds. The van der Waals surface area contributed by atoms with E-state index in [-0.39, 0.29) is 12.3 Å². The van der Waals surface area contributed by atoms with Crippen LogP contribution in [0.1, 0.15) is 36.2 Å². The van der Waals surface area contributed by atoms with Gasteiger partial charge < -0.3 is 15.5 Å². The number of hydrogen-bond donors (Lipinski definition) is 2. The SMILES string of the molecule is Cc1nc(NCCNC(=O)Cc2cccc(C(F)(F)F)c2)cc(N2CCCCC2)n1. The molecule has 30 heavy (non-hydrogen) atoms. The molecule has 2 heterocycles. The summed E-state index contributed by atoms with van der Waals surface area (Å²) in [5.74, 6) is 1.94. The Morgan fingerprint density at radius 1 is 1.10 bits per heavy atom. The highest BCUT2D eigenvalue weighted by molar-refractivity contribution is 5.78. The molecule has 2 aromatic rings. The third-order valence-electron chi connectivity index (χ3n) is 4.88. The van der Waals surface area contributed by atoms with Gasteiger partial charge in [0, 0.05) is 32.2 Å². The van der Waals surface area contributed by atoms with Gasteiger partial charge in [-0.1, -0.05) is 18.2 Å². The molecular formula is C21H26F3N5O. The lowest BCUT2D eigenvalue weighted by atomic mass is 10.1. The van der Waals surface area contributed by atoms with Gasteiger partial charge in [-0.25, -0.2) is 9.97 Å². The van der Waals surface area contributed by atoms with Gasteiger partial charge in [0.2, 0.25) is 5.91 Å². The first-order chi connectivity index (χ1) is 14.3. The maximum atomic E-state index is 12.8. The van der Waals surface area contributed by atoms with Crippen molar-refractivity contribution in [1.29, 1.82) is 0 Å². The summed E-state index contributed by atoms with van der Waals surface area (Å²) in [6.07, 6.45) is -0.964. The van der Waals surface area contributed by atoms with Crippen molar-refractivity contribution < 1.29 is 18.0 Å². The number of carbonyl (C=O) groups excluding carboxylic acids is 1. The van der Waals surface area contributed by atoms with Gasteiger partial charge in [-0.3, -0.25) is 4.79 Å². The molecule has 0 bridgehead atoms. The van der Waals surface area contributed by atoms with Crippen LogP contribution in [-0.2, 0) is 17.4 Å². The zero-order valence-corrected chi connectivity index (χ0v) is 16.9. The Labute approximate surface area is 173 Å². The van der Waals surface area contributed by atoms with Crippen LogP contribution in [-0.4, -0.2) is 42.1 Å². The molecule has 9 heteroatoms. The third-order valence-corrected chi connectivity index (χ3v) is 4.88. The lowest BCUT2D eigenvalue weighted by molar-refractivity contribution is -0.137. The second-order valence-corrected chi connectivity index (χ2v) is 7.36. The minimum absolute atomic E-state index is 0.102. The van der Waals surface area contributed by atoms with Crippen molar-refractivity contribution in [3.63, 3.8) is 0 Å². The largest absolute Gasteiger partial charge is 0.416 e. The van der Waals surface area contributed by atoms with E-state index < -0.39 is 11.7 Å². The molecule has 1 aliphatic heterocycles. The maximum Gasteiger partial charge on any atom is 0.416 e. The number of anilines is 2. The van der Waals surface area contributed by atoms with Crippen LogP contribution >= 0.6 is 0 Å². The van der Waals surface area contributed by atoms with Gasteiger partial charge in [-0.05, 0) is 37.8 Å². The lowest BCUT2D eigenvalue weighted by Crippen LogP contribution is -2.31. The Kier molecular flexibility index (Phi) is 7.12. The summed E-state index contributed by atoms with van der Waals surface area (Å²) in [6, 6.07) is 6.72. The smallest absolute Gasteiger partial charge is 0.368 e. The number of aromatic nitrogens is 2. The van der Waals surface area contributed by atoms with E-state index in [0.29, 0.717) is 30.3 Å². The lowest BCUT2D eigenvalue weighted by Gasteiger charge is -2.28. The average Bonchev–Trinajstić information content (AvgIpc) is 2.71. The number of carbonyl (C=O) groups is 1. The molecule has 1 aliphatic rings. The normalized spacial score (nSPS) is 14.5. The van der Waals surface area contributed by atoms with Crippen molar-refractivity contribution in [2.45, 2.75) is 38.8 Å². The van der Waals surface area contributed by atoms with E-state index in [0.717, 1.165) is 43.9 Å². The van der Waals surface area contributed by atoms with Crippen molar-refractivity contribution >= 4 is 17.5 Å². The van der Waals surface area contributed by atoms with E-state index in [1.807, 2.05) is 13.0 Å². The van der Waals surface area contributed by atoms with E-state index in [1.54, 1.807) is 0 Å². The van der Waals surface area contributed by atoms with Gasteiger partial charge in [0.15, 0.2) is 0 Å².